The molecule has 0 atom stereocenters. The van der Waals surface area contributed by atoms with Crippen molar-refractivity contribution in [1.29, 1.82) is 0 Å². The second-order valence-electron chi connectivity index (χ2n) is 7.64. The molecule has 4 aromatic rings. The van der Waals surface area contributed by atoms with Crippen molar-refractivity contribution in [2.24, 2.45) is 5.73 Å². The summed E-state index contributed by atoms with van der Waals surface area (Å²) < 4.78 is 27.8. The maximum absolute atomic E-state index is 12.7. The van der Waals surface area contributed by atoms with Gasteiger partial charge in [0, 0.05) is 28.7 Å². The first-order valence-corrected chi connectivity index (χ1v) is 12.2. The molecule has 6 nitrogen and oxygen atoms in total. The zero-order chi connectivity index (χ0) is 23.4. The Morgan fingerprint density at radius 2 is 1.70 bits per heavy atom. The van der Waals surface area contributed by atoms with Crippen molar-refractivity contribution in [3.63, 3.8) is 0 Å². The summed E-state index contributed by atoms with van der Waals surface area (Å²) in [5.41, 5.74) is 8.78. The summed E-state index contributed by atoms with van der Waals surface area (Å²) in [6, 6.07) is 19.4. The van der Waals surface area contributed by atoms with Crippen LogP contribution in [0.5, 0.6) is 0 Å². The van der Waals surface area contributed by atoms with Gasteiger partial charge in [0.15, 0.2) is 0 Å². The van der Waals surface area contributed by atoms with Crippen LogP contribution in [0, 0.1) is 0 Å². The van der Waals surface area contributed by atoms with Crippen LogP contribution in [0.2, 0.25) is 5.02 Å². The molecular formula is C25H22ClN3O3S. The van der Waals surface area contributed by atoms with Gasteiger partial charge in [-0.05, 0) is 60.7 Å². The van der Waals surface area contributed by atoms with Crippen molar-refractivity contribution in [2.75, 3.05) is 4.72 Å². The molecule has 0 radical (unpaired) electrons. The Balaban J connectivity index is 0.000000238. The maximum Gasteiger partial charge on any atom is 0.263 e. The van der Waals surface area contributed by atoms with Gasteiger partial charge in [-0.2, -0.15) is 0 Å². The number of sulfonamides is 1. The number of hydrogen-bond donors (Lipinski definition) is 2. The fourth-order valence-corrected chi connectivity index (χ4v) is 5.40. The lowest BCUT2D eigenvalue weighted by Gasteiger charge is -2.12. The van der Waals surface area contributed by atoms with Gasteiger partial charge in [-0.15, -0.1) is 0 Å². The number of nitrogens with two attached hydrogens (primary N) is 1. The number of aryl methyl sites for hydroxylation is 2. The first-order chi connectivity index (χ1) is 15.8. The molecule has 33 heavy (non-hydrogen) atoms. The van der Waals surface area contributed by atoms with Crippen LogP contribution in [0.15, 0.2) is 84.0 Å². The largest absolute Gasteiger partial charge is 0.366 e. The Morgan fingerprint density at radius 3 is 2.39 bits per heavy atom. The van der Waals surface area contributed by atoms with Crippen molar-refractivity contribution in [1.82, 2.24) is 4.98 Å². The molecule has 3 N–H and O–H groups in total. The van der Waals surface area contributed by atoms with Gasteiger partial charge in [0.1, 0.15) is 4.90 Å². The number of rotatable bonds is 4. The topological polar surface area (TPSA) is 102 Å². The number of halogens is 1. The highest BCUT2D eigenvalue weighted by Crippen LogP contribution is 2.28. The first kappa shape index (κ1) is 22.8. The average molecular weight is 480 g/mol. The number of aromatic nitrogens is 1. The molecule has 0 aliphatic heterocycles. The van der Waals surface area contributed by atoms with E-state index in [1.54, 1.807) is 41.7 Å². The Hall–Kier alpha value is -3.42. The summed E-state index contributed by atoms with van der Waals surface area (Å²) in [4.78, 5) is 15.1. The third-order valence-corrected chi connectivity index (χ3v) is 7.29. The highest BCUT2D eigenvalue weighted by atomic mass is 35.5. The third-order valence-electron chi connectivity index (χ3n) is 5.44. The van der Waals surface area contributed by atoms with Crippen molar-refractivity contribution in [3.8, 4) is 0 Å². The molecule has 1 aliphatic carbocycles. The molecule has 0 spiro atoms. The van der Waals surface area contributed by atoms with Gasteiger partial charge in [0.05, 0.1) is 10.7 Å². The predicted octanol–water partition coefficient (Wildman–Crippen LogP) is 4.96. The minimum absolute atomic E-state index is 0.00518. The molecule has 0 unspecified atom stereocenters. The van der Waals surface area contributed by atoms with E-state index in [0.717, 1.165) is 11.5 Å². The molecule has 3 aromatic carbocycles. The average Bonchev–Trinajstić information content (AvgIpc) is 3.28. The molecule has 1 aliphatic rings. The van der Waals surface area contributed by atoms with Crippen LogP contribution in [0.4, 0.5) is 5.69 Å². The summed E-state index contributed by atoms with van der Waals surface area (Å²) in [5.74, 6) is -0.737. The molecule has 0 fully saturated rings. The quantitative estimate of drug-likeness (QED) is 0.431. The van der Waals surface area contributed by atoms with Crippen LogP contribution < -0.4 is 10.5 Å². The number of hydrogen-bond acceptors (Lipinski definition) is 4. The van der Waals surface area contributed by atoms with E-state index in [4.69, 9.17) is 17.3 Å². The van der Waals surface area contributed by atoms with Crippen molar-refractivity contribution in [2.45, 2.75) is 24.2 Å². The second kappa shape index (κ2) is 9.60. The molecule has 0 bridgehead atoms. The highest BCUT2D eigenvalue weighted by molar-refractivity contribution is 7.92. The van der Waals surface area contributed by atoms with Gasteiger partial charge in [-0.3, -0.25) is 14.5 Å². The number of fused-ring (bicyclic) bond motifs is 2. The van der Waals surface area contributed by atoms with E-state index >= 15 is 0 Å². The Labute approximate surface area is 197 Å². The van der Waals surface area contributed by atoms with Crippen LogP contribution >= 0.6 is 11.6 Å². The lowest BCUT2D eigenvalue weighted by atomic mass is 10.1. The predicted molar refractivity (Wildman–Crippen MR) is 131 cm³/mol. The molecule has 5 rings (SSSR count). The van der Waals surface area contributed by atoms with Crippen LogP contribution in [-0.2, 0) is 22.9 Å². The molecule has 8 heteroatoms. The number of pyridine rings is 1. The number of benzene rings is 3. The van der Waals surface area contributed by atoms with Crippen LogP contribution in [0.3, 0.4) is 0 Å². The number of carbonyl (C=O) groups is 1. The van der Waals surface area contributed by atoms with E-state index in [-0.39, 0.29) is 15.5 Å². The lowest BCUT2D eigenvalue weighted by molar-refractivity contribution is 0.1000. The van der Waals surface area contributed by atoms with Gasteiger partial charge in [-0.1, -0.05) is 48.0 Å². The molecule has 1 amide bonds. The van der Waals surface area contributed by atoms with Gasteiger partial charge < -0.3 is 5.73 Å². The lowest BCUT2D eigenvalue weighted by Crippen LogP contribution is -2.16. The molecule has 168 valence electrons. The first-order valence-electron chi connectivity index (χ1n) is 10.4. The minimum atomic E-state index is -4.00. The zero-order valence-electron chi connectivity index (χ0n) is 17.7. The van der Waals surface area contributed by atoms with Gasteiger partial charge in [0.2, 0.25) is 5.91 Å². The summed E-state index contributed by atoms with van der Waals surface area (Å²) in [5, 5.41) is 1.47. The van der Waals surface area contributed by atoms with Crippen LogP contribution in [0.1, 0.15) is 27.9 Å². The van der Waals surface area contributed by atoms with Crippen molar-refractivity contribution >= 4 is 44.0 Å². The Morgan fingerprint density at radius 1 is 0.970 bits per heavy atom. The summed E-state index contributed by atoms with van der Waals surface area (Å²) in [6.07, 6.45) is 7.17. The summed E-state index contributed by atoms with van der Waals surface area (Å²) >= 11 is 5.99. The standard InChI is InChI=1S/C16H12ClN3O3S.C9H10/c17-13-5-4-10(16(18)21)8-15(13)24(22,23)20-14-3-1-2-11-9-19-7-6-12(11)14;1-2-5-9-7-3-6-8(9)4-1/h1-9,20H,(H2,18,21);1-2,4-5H,3,6-7H2. The fraction of sp³-hybridized carbons (Fsp3) is 0.120. The number of nitrogens with zero attached hydrogens (tertiary/aromatic N) is 1. The fourth-order valence-electron chi connectivity index (χ4n) is 3.79. The number of anilines is 1. The van der Waals surface area contributed by atoms with Gasteiger partial charge in [-0.25, -0.2) is 8.42 Å². The number of nitrogens with one attached hydrogen (secondary N) is 1. The van der Waals surface area contributed by atoms with E-state index in [1.807, 2.05) is 6.07 Å². The molecule has 1 aromatic heterocycles. The van der Waals surface area contributed by atoms with Crippen LogP contribution in [0.25, 0.3) is 10.8 Å². The maximum atomic E-state index is 12.7. The Bertz CT molecular complexity index is 1410. The Kier molecular flexibility index (Phi) is 6.62. The zero-order valence-corrected chi connectivity index (χ0v) is 19.2. The second-order valence-corrected chi connectivity index (χ2v) is 9.70. The number of primary amides is 1. The minimum Gasteiger partial charge on any atom is -0.366 e. The van der Waals surface area contributed by atoms with E-state index in [2.05, 4.69) is 34.0 Å². The van der Waals surface area contributed by atoms with Crippen LogP contribution in [-0.4, -0.2) is 19.3 Å². The van der Waals surface area contributed by atoms with Crippen molar-refractivity contribution < 1.29 is 13.2 Å². The summed E-state index contributed by atoms with van der Waals surface area (Å²) in [6.45, 7) is 0. The van der Waals surface area contributed by atoms with E-state index in [9.17, 15) is 13.2 Å². The molecule has 0 saturated carbocycles. The van der Waals surface area contributed by atoms with E-state index in [1.165, 1.54) is 31.4 Å². The molecular weight excluding hydrogens is 458 g/mol. The normalized spacial score (nSPS) is 12.5. The van der Waals surface area contributed by atoms with Crippen molar-refractivity contribution in [3.05, 3.63) is 101 Å². The summed E-state index contributed by atoms with van der Waals surface area (Å²) in [7, 11) is -4.00. The smallest absolute Gasteiger partial charge is 0.263 e. The monoisotopic (exact) mass is 479 g/mol. The number of carbonyl (C=O) groups excluding carboxylic acids is 1. The highest BCUT2D eigenvalue weighted by Gasteiger charge is 2.20. The van der Waals surface area contributed by atoms with Gasteiger partial charge >= 0.3 is 0 Å². The van der Waals surface area contributed by atoms with Gasteiger partial charge in [0.25, 0.3) is 10.0 Å². The molecule has 0 saturated heterocycles. The van der Waals surface area contributed by atoms with E-state index in [0.29, 0.717) is 11.1 Å². The molecule has 1 heterocycles. The number of amides is 1. The third kappa shape index (κ3) is 5.16. The van der Waals surface area contributed by atoms with E-state index < -0.39 is 15.9 Å². The SMILES string of the molecule is NC(=O)c1ccc(Cl)c(S(=O)(=O)Nc2cccc3cnccc23)c1.c1ccc2c(c1)CCC2.